The number of alkyl halides is 4. The van der Waals surface area contributed by atoms with Gasteiger partial charge in [0, 0.05) is 36.8 Å². The van der Waals surface area contributed by atoms with E-state index in [0.29, 0.717) is 35.3 Å². The zero-order valence-corrected chi connectivity index (χ0v) is 19.8. The van der Waals surface area contributed by atoms with Crippen LogP contribution in [0.25, 0.3) is 11.1 Å². The van der Waals surface area contributed by atoms with Crippen molar-refractivity contribution >= 4 is 11.8 Å². The third-order valence-electron chi connectivity index (χ3n) is 6.83. The van der Waals surface area contributed by atoms with E-state index in [0.717, 1.165) is 12.1 Å². The Kier molecular flexibility index (Phi) is 6.72. The van der Waals surface area contributed by atoms with Crippen LogP contribution < -0.4 is 5.32 Å². The molecule has 0 aliphatic carbocycles. The van der Waals surface area contributed by atoms with E-state index in [1.54, 1.807) is 59.5 Å². The van der Waals surface area contributed by atoms with Gasteiger partial charge in [-0.25, -0.2) is 4.39 Å². The standard InChI is InChI=1S/C28H25F4N3O2/c29-24-16-35(26(36)19-5-2-1-3-6-19)17-25(24)33-23-14-34(15-23)27(37)20-11-9-18(10-12-20)21-7-4-8-22(13-21)28(30,31)32/h1-13,23-25,33H,14-17H2/t24?,25-/m0/s1. The Balaban J connectivity index is 1.14. The molecule has 5 nitrogen and oxygen atoms in total. The van der Waals surface area contributed by atoms with E-state index in [1.165, 1.54) is 11.0 Å². The molecule has 0 spiro atoms. The first-order valence-electron chi connectivity index (χ1n) is 12.0. The summed E-state index contributed by atoms with van der Waals surface area (Å²) in [4.78, 5) is 28.6. The second kappa shape index (κ2) is 9.97. The lowest BCUT2D eigenvalue weighted by molar-refractivity contribution is -0.137. The van der Waals surface area contributed by atoms with Crippen LogP contribution in [0, 0.1) is 0 Å². The van der Waals surface area contributed by atoms with Crippen LogP contribution in [0.2, 0.25) is 0 Å². The minimum Gasteiger partial charge on any atom is -0.335 e. The Bertz CT molecular complexity index is 1270. The Labute approximate surface area is 211 Å². The summed E-state index contributed by atoms with van der Waals surface area (Å²) in [5.41, 5.74) is 1.22. The number of carbonyl (C=O) groups is 2. The first-order valence-corrected chi connectivity index (χ1v) is 12.0. The summed E-state index contributed by atoms with van der Waals surface area (Å²) < 4.78 is 53.6. The highest BCUT2D eigenvalue weighted by Crippen LogP contribution is 2.32. The van der Waals surface area contributed by atoms with Crippen molar-refractivity contribution in [2.45, 2.75) is 24.4 Å². The fourth-order valence-corrected chi connectivity index (χ4v) is 4.77. The molecule has 2 atom stereocenters. The lowest BCUT2D eigenvalue weighted by atomic mass is 10.00. The highest BCUT2D eigenvalue weighted by Gasteiger charge is 2.40. The first-order chi connectivity index (χ1) is 17.7. The minimum atomic E-state index is -4.43. The van der Waals surface area contributed by atoms with E-state index in [4.69, 9.17) is 0 Å². The third-order valence-corrected chi connectivity index (χ3v) is 6.83. The summed E-state index contributed by atoms with van der Waals surface area (Å²) in [6.45, 7) is 1.10. The number of nitrogens with one attached hydrogen (secondary N) is 1. The zero-order chi connectivity index (χ0) is 26.2. The van der Waals surface area contributed by atoms with Gasteiger partial charge in [0.15, 0.2) is 0 Å². The topological polar surface area (TPSA) is 52.7 Å². The summed E-state index contributed by atoms with van der Waals surface area (Å²) in [6.07, 6.45) is -5.62. The summed E-state index contributed by atoms with van der Waals surface area (Å²) in [6, 6.07) is 19.7. The third kappa shape index (κ3) is 5.36. The predicted octanol–water partition coefficient (Wildman–Crippen LogP) is 4.65. The lowest BCUT2D eigenvalue weighted by Crippen LogP contribution is -2.63. The molecule has 0 bridgehead atoms. The number of amides is 2. The largest absolute Gasteiger partial charge is 0.416 e. The molecular formula is C28H25F4N3O2. The van der Waals surface area contributed by atoms with Gasteiger partial charge in [0.2, 0.25) is 0 Å². The fraction of sp³-hybridized carbons (Fsp3) is 0.286. The van der Waals surface area contributed by atoms with E-state index in [-0.39, 0.29) is 30.9 Å². The maximum atomic E-state index is 14.6. The molecule has 0 saturated carbocycles. The van der Waals surface area contributed by atoms with Crippen LogP contribution in [-0.2, 0) is 6.18 Å². The number of hydrogen-bond acceptors (Lipinski definition) is 3. The summed E-state index contributed by atoms with van der Waals surface area (Å²) in [5.74, 6) is -0.399. The maximum Gasteiger partial charge on any atom is 0.416 e. The maximum absolute atomic E-state index is 14.6. The van der Waals surface area contributed by atoms with Crippen LogP contribution in [0.1, 0.15) is 26.3 Å². The van der Waals surface area contributed by atoms with Crippen LogP contribution in [-0.4, -0.2) is 66.0 Å². The quantitative estimate of drug-likeness (QED) is 0.508. The van der Waals surface area contributed by atoms with Gasteiger partial charge in [0.1, 0.15) is 6.17 Å². The van der Waals surface area contributed by atoms with Crippen molar-refractivity contribution in [3.8, 4) is 11.1 Å². The number of likely N-dealkylation sites (tertiary alicyclic amines) is 2. The van der Waals surface area contributed by atoms with Gasteiger partial charge < -0.3 is 15.1 Å². The second-order valence-corrected chi connectivity index (χ2v) is 9.43. The molecule has 2 heterocycles. The molecule has 0 aromatic heterocycles. The molecule has 1 N–H and O–H groups in total. The van der Waals surface area contributed by atoms with Crippen LogP contribution in [0.3, 0.4) is 0 Å². The molecule has 3 aromatic rings. The SMILES string of the molecule is O=C(c1ccc(-c2cccc(C(F)(F)F)c2)cc1)N1CC(N[C@H]2CN(C(=O)c3ccccc3)CC2F)C1. The molecule has 2 saturated heterocycles. The normalized spacial score (nSPS) is 20.1. The van der Waals surface area contributed by atoms with Crippen LogP contribution in [0.15, 0.2) is 78.9 Å². The van der Waals surface area contributed by atoms with Crippen molar-refractivity contribution in [3.63, 3.8) is 0 Å². The van der Waals surface area contributed by atoms with Crippen molar-refractivity contribution in [2.75, 3.05) is 26.2 Å². The van der Waals surface area contributed by atoms with Crippen molar-refractivity contribution in [1.82, 2.24) is 15.1 Å². The summed E-state index contributed by atoms with van der Waals surface area (Å²) >= 11 is 0. The molecule has 37 heavy (non-hydrogen) atoms. The molecule has 9 heteroatoms. The molecular weight excluding hydrogens is 486 g/mol. The number of benzene rings is 3. The van der Waals surface area contributed by atoms with E-state index < -0.39 is 24.0 Å². The summed E-state index contributed by atoms with van der Waals surface area (Å²) in [7, 11) is 0. The van der Waals surface area contributed by atoms with Crippen LogP contribution >= 0.6 is 0 Å². The Morgan fingerprint density at radius 2 is 1.35 bits per heavy atom. The molecule has 2 aliphatic heterocycles. The molecule has 2 aliphatic rings. The Morgan fingerprint density at radius 3 is 2.00 bits per heavy atom. The Morgan fingerprint density at radius 1 is 0.730 bits per heavy atom. The first kappa shape index (κ1) is 25.0. The molecule has 5 rings (SSSR count). The van der Waals surface area contributed by atoms with Crippen LogP contribution in [0.5, 0.6) is 0 Å². The van der Waals surface area contributed by atoms with Crippen LogP contribution in [0.4, 0.5) is 17.6 Å². The molecule has 2 fully saturated rings. The van der Waals surface area contributed by atoms with Crippen molar-refractivity contribution < 1.29 is 27.2 Å². The lowest BCUT2D eigenvalue weighted by Gasteiger charge is -2.41. The fourth-order valence-electron chi connectivity index (χ4n) is 4.77. The van der Waals surface area contributed by atoms with Gasteiger partial charge in [-0.15, -0.1) is 0 Å². The van der Waals surface area contributed by atoms with E-state index in [2.05, 4.69) is 5.32 Å². The van der Waals surface area contributed by atoms with Crippen molar-refractivity contribution in [3.05, 3.63) is 95.6 Å². The van der Waals surface area contributed by atoms with Crippen molar-refractivity contribution in [1.29, 1.82) is 0 Å². The van der Waals surface area contributed by atoms with E-state index in [1.807, 2.05) is 6.07 Å². The van der Waals surface area contributed by atoms with Gasteiger partial charge in [-0.3, -0.25) is 9.59 Å². The van der Waals surface area contributed by atoms with Gasteiger partial charge in [0.05, 0.1) is 18.2 Å². The number of nitrogens with zero attached hydrogens (tertiary/aromatic N) is 2. The number of hydrogen-bond donors (Lipinski definition) is 1. The molecule has 192 valence electrons. The second-order valence-electron chi connectivity index (χ2n) is 9.43. The van der Waals surface area contributed by atoms with Gasteiger partial charge in [-0.1, -0.05) is 42.5 Å². The average molecular weight is 512 g/mol. The van der Waals surface area contributed by atoms with E-state index >= 15 is 0 Å². The molecule has 3 aromatic carbocycles. The Hall–Kier alpha value is -3.72. The summed E-state index contributed by atoms with van der Waals surface area (Å²) in [5, 5.41) is 3.23. The monoisotopic (exact) mass is 511 g/mol. The molecule has 0 radical (unpaired) electrons. The number of rotatable bonds is 5. The number of halogens is 4. The highest BCUT2D eigenvalue weighted by molar-refractivity contribution is 5.95. The molecule has 1 unspecified atom stereocenters. The van der Waals surface area contributed by atoms with Gasteiger partial charge in [-0.05, 0) is 47.5 Å². The van der Waals surface area contributed by atoms with Crippen molar-refractivity contribution in [2.24, 2.45) is 0 Å². The minimum absolute atomic E-state index is 0.0268. The zero-order valence-electron chi connectivity index (χ0n) is 19.8. The van der Waals surface area contributed by atoms with E-state index in [9.17, 15) is 27.2 Å². The van der Waals surface area contributed by atoms with Gasteiger partial charge in [-0.2, -0.15) is 13.2 Å². The highest BCUT2D eigenvalue weighted by atomic mass is 19.4. The van der Waals surface area contributed by atoms with Gasteiger partial charge in [0.25, 0.3) is 11.8 Å². The molecule has 2 amide bonds. The average Bonchev–Trinajstić information content (AvgIpc) is 3.25. The smallest absolute Gasteiger partial charge is 0.335 e. The number of carbonyl (C=O) groups excluding carboxylic acids is 2. The van der Waals surface area contributed by atoms with Gasteiger partial charge >= 0.3 is 6.18 Å². The predicted molar refractivity (Wildman–Crippen MR) is 131 cm³/mol.